The highest BCUT2D eigenvalue weighted by atomic mass is 35.5. The van der Waals surface area contributed by atoms with Crippen molar-refractivity contribution in [1.29, 1.82) is 0 Å². The number of aromatic nitrogens is 1. The number of hydrogen-bond donors (Lipinski definition) is 1. The largest absolute Gasteiger partial charge is 0.465 e. The molecule has 0 amide bonds. The van der Waals surface area contributed by atoms with E-state index in [4.69, 9.17) is 11.6 Å². The number of nitrogens with one attached hydrogen (secondary N) is 1. The maximum atomic E-state index is 11.3. The van der Waals surface area contributed by atoms with Crippen LogP contribution < -0.4 is 10.6 Å². The van der Waals surface area contributed by atoms with Crippen molar-refractivity contribution in [2.75, 3.05) is 7.11 Å². The van der Waals surface area contributed by atoms with Crippen LogP contribution in [0.15, 0.2) is 6.20 Å². The van der Waals surface area contributed by atoms with E-state index < -0.39 is 0 Å². The summed E-state index contributed by atoms with van der Waals surface area (Å²) >= 11 is 5.97. The highest BCUT2D eigenvalue weighted by Gasteiger charge is 2.13. The molecule has 1 N–H and O–H groups in total. The predicted molar refractivity (Wildman–Crippen MR) is 54.6 cm³/mol. The Morgan fingerprint density at radius 2 is 2.50 bits per heavy atom. The zero-order chi connectivity index (χ0) is 10.1. The van der Waals surface area contributed by atoms with Gasteiger partial charge in [-0.3, -0.25) is 0 Å². The minimum atomic E-state index is -0.335. The molecule has 3 nitrogen and oxygen atoms in total. The van der Waals surface area contributed by atoms with Crippen LogP contribution in [0.4, 0.5) is 0 Å². The quantitative estimate of drug-likeness (QED) is 0.539. The van der Waals surface area contributed by atoms with Gasteiger partial charge in [-0.05, 0) is 6.42 Å². The van der Waals surface area contributed by atoms with E-state index in [1.54, 1.807) is 6.20 Å². The minimum Gasteiger partial charge on any atom is -0.465 e. The van der Waals surface area contributed by atoms with Crippen LogP contribution in [0.2, 0.25) is 0 Å². The molecular weight excluding hydrogens is 202 g/mol. The van der Waals surface area contributed by atoms with Crippen molar-refractivity contribution in [3.8, 4) is 0 Å². The fourth-order valence-corrected chi connectivity index (χ4v) is 1.77. The van der Waals surface area contributed by atoms with Gasteiger partial charge in [-0.1, -0.05) is 12.2 Å². The maximum Gasteiger partial charge on any atom is 0.340 e. The first kappa shape index (κ1) is 9.34. The molecular formula is C10H10ClNO2. The normalized spacial score (nSPS) is 19.1. The third kappa shape index (κ3) is 1.44. The van der Waals surface area contributed by atoms with Crippen molar-refractivity contribution in [1.82, 2.24) is 4.98 Å². The Morgan fingerprint density at radius 3 is 3.21 bits per heavy atom. The molecule has 1 atom stereocenters. The average Bonchev–Trinajstić information content (AvgIpc) is 2.59. The van der Waals surface area contributed by atoms with Crippen molar-refractivity contribution in [3.05, 3.63) is 22.3 Å². The standard InChI is InChI=1S/C10H10ClNO2/c1-14-10(13)8-5-12-9-3-2-6(11)4-7(8)9/h3-6,12H,2H2,1H3. The Hall–Kier alpha value is -1.22. The zero-order valence-electron chi connectivity index (χ0n) is 7.71. The molecule has 2 rings (SSSR count). The minimum absolute atomic E-state index is 0.0401. The van der Waals surface area contributed by atoms with Crippen molar-refractivity contribution in [2.24, 2.45) is 0 Å². The molecule has 1 aromatic rings. The van der Waals surface area contributed by atoms with Crippen LogP contribution in [0.5, 0.6) is 0 Å². The number of esters is 1. The van der Waals surface area contributed by atoms with Crippen molar-refractivity contribution in [2.45, 2.75) is 11.8 Å². The van der Waals surface area contributed by atoms with Crippen LogP contribution in [0.1, 0.15) is 16.8 Å². The fraction of sp³-hybridized carbons (Fsp3) is 0.300. The summed E-state index contributed by atoms with van der Waals surface area (Å²) in [7, 11) is 1.37. The number of alkyl halides is 1. The van der Waals surface area contributed by atoms with Crippen molar-refractivity contribution < 1.29 is 9.53 Å². The van der Waals surface area contributed by atoms with Crippen molar-refractivity contribution in [3.63, 3.8) is 0 Å². The lowest BCUT2D eigenvalue weighted by atomic mass is 10.1. The zero-order valence-corrected chi connectivity index (χ0v) is 8.47. The number of aromatic amines is 1. The third-order valence-electron chi connectivity index (χ3n) is 2.25. The van der Waals surface area contributed by atoms with Crippen LogP contribution in [0.25, 0.3) is 12.2 Å². The van der Waals surface area contributed by atoms with E-state index in [-0.39, 0.29) is 11.3 Å². The highest BCUT2D eigenvalue weighted by molar-refractivity contribution is 6.24. The maximum absolute atomic E-state index is 11.3. The summed E-state index contributed by atoms with van der Waals surface area (Å²) in [6.07, 6.45) is 6.30. The molecule has 1 aliphatic rings. The molecule has 0 aromatic carbocycles. The van der Waals surface area contributed by atoms with Crippen LogP contribution in [-0.2, 0) is 4.74 Å². The molecule has 0 saturated carbocycles. The molecule has 0 radical (unpaired) electrons. The monoisotopic (exact) mass is 211 g/mol. The summed E-state index contributed by atoms with van der Waals surface area (Å²) in [6.45, 7) is 0. The van der Waals surface area contributed by atoms with Crippen LogP contribution in [0.3, 0.4) is 0 Å². The van der Waals surface area contributed by atoms with Crippen LogP contribution in [-0.4, -0.2) is 23.4 Å². The van der Waals surface area contributed by atoms with Gasteiger partial charge in [-0.25, -0.2) is 4.79 Å². The lowest BCUT2D eigenvalue weighted by molar-refractivity contribution is 0.0599. The van der Waals surface area contributed by atoms with E-state index in [0.717, 1.165) is 17.0 Å². The van der Waals surface area contributed by atoms with E-state index in [0.29, 0.717) is 5.56 Å². The highest BCUT2D eigenvalue weighted by Crippen LogP contribution is 2.07. The molecule has 0 bridgehead atoms. The molecule has 1 aliphatic carbocycles. The molecule has 1 heterocycles. The van der Waals surface area contributed by atoms with Gasteiger partial charge in [-0.2, -0.15) is 0 Å². The summed E-state index contributed by atoms with van der Waals surface area (Å²) in [4.78, 5) is 14.3. The summed E-state index contributed by atoms with van der Waals surface area (Å²) in [5.74, 6) is -0.335. The molecule has 4 heteroatoms. The first-order valence-electron chi connectivity index (χ1n) is 4.34. The number of hydrogen-bond acceptors (Lipinski definition) is 2. The van der Waals surface area contributed by atoms with E-state index in [2.05, 4.69) is 9.72 Å². The third-order valence-corrected chi connectivity index (χ3v) is 2.56. The number of methoxy groups -OCH3 is 1. The second kappa shape index (κ2) is 3.50. The SMILES string of the molecule is COC(=O)c1c[nH]c2c1=CC(Cl)CC=2. The van der Waals surface area contributed by atoms with Gasteiger partial charge in [0, 0.05) is 16.8 Å². The van der Waals surface area contributed by atoms with Gasteiger partial charge in [0.25, 0.3) is 0 Å². The number of carbonyl (C=O) groups is 1. The number of H-pyrrole nitrogens is 1. The van der Waals surface area contributed by atoms with Gasteiger partial charge in [0.2, 0.25) is 0 Å². The molecule has 1 unspecified atom stereocenters. The second-order valence-electron chi connectivity index (χ2n) is 3.14. The molecule has 0 spiro atoms. The van der Waals surface area contributed by atoms with Gasteiger partial charge in [0.1, 0.15) is 0 Å². The molecule has 0 fully saturated rings. The smallest absolute Gasteiger partial charge is 0.340 e. The predicted octanol–water partition coefficient (Wildman–Crippen LogP) is 0.373. The first-order valence-corrected chi connectivity index (χ1v) is 4.78. The summed E-state index contributed by atoms with van der Waals surface area (Å²) in [5.41, 5.74) is 0.545. The van der Waals surface area contributed by atoms with Gasteiger partial charge in [0.15, 0.2) is 0 Å². The fourth-order valence-electron chi connectivity index (χ4n) is 1.56. The Morgan fingerprint density at radius 1 is 1.71 bits per heavy atom. The van der Waals surface area contributed by atoms with Gasteiger partial charge < -0.3 is 9.72 Å². The van der Waals surface area contributed by atoms with Gasteiger partial charge in [-0.15, -0.1) is 11.6 Å². The molecule has 74 valence electrons. The molecule has 0 saturated heterocycles. The number of rotatable bonds is 1. The Labute approximate surface area is 86.0 Å². The molecule has 0 aliphatic heterocycles. The Bertz CT molecular complexity index is 475. The van der Waals surface area contributed by atoms with Crippen LogP contribution >= 0.6 is 11.6 Å². The average molecular weight is 212 g/mol. The summed E-state index contributed by atoms with van der Waals surface area (Å²) in [5, 5.41) is 1.76. The van der Waals surface area contributed by atoms with Crippen molar-refractivity contribution >= 4 is 29.7 Å². The van der Waals surface area contributed by atoms with Crippen LogP contribution in [0, 0.1) is 0 Å². The second-order valence-corrected chi connectivity index (χ2v) is 3.70. The summed E-state index contributed by atoms with van der Waals surface area (Å²) in [6, 6.07) is 0. The lowest BCUT2D eigenvalue weighted by Gasteiger charge is -2.03. The van der Waals surface area contributed by atoms with E-state index in [1.807, 2.05) is 12.2 Å². The lowest BCUT2D eigenvalue weighted by Crippen LogP contribution is -2.31. The van der Waals surface area contributed by atoms with Gasteiger partial charge >= 0.3 is 5.97 Å². The van der Waals surface area contributed by atoms with E-state index in [1.165, 1.54) is 7.11 Å². The Balaban J connectivity index is 2.62. The number of fused-ring (bicyclic) bond motifs is 1. The number of carbonyl (C=O) groups excluding carboxylic acids is 1. The number of halogens is 1. The molecule has 14 heavy (non-hydrogen) atoms. The Kier molecular flexibility index (Phi) is 2.33. The topological polar surface area (TPSA) is 42.1 Å². The first-order chi connectivity index (χ1) is 6.72. The van der Waals surface area contributed by atoms with E-state index >= 15 is 0 Å². The van der Waals surface area contributed by atoms with E-state index in [9.17, 15) is 4.79 Å². The van der Waals surface area contributed by atoms with Gasteiger partial charge in [0.05, 0.1) is 18.1 Å². The summed E-state index contributed by atoms with van der Waals surface area (Å²) < 4.78 is 4.66. The number of ether oxygens (including phenoxy) is 1. The molecule has 1 aromatic heterocycles.